The molecule has 0 atom stereocenters. The van der Waals surface area contributed by atoms with Crippen molar-refractivity contribution in [1.82, 2.24) is 15.5 Å². The molecule has 1 heterocycles. The third-order valence-corrected chi connectivity index (χ3v) is 5.08. The van der Waals surface area contributed by atoms with Gasteiger partial charge in [0, 0.05) is 11.6 Å². The molecule has 0 saturated heterocycles. The minimum Gasteiger partial charge on any atom is -0.346 e. The second kappa shape index (κ2) is 8.40. The first-order valence-corrected chi connectivity index (χ1v) is 9.08. The summed E-state index contributed by atoms with van der Waals surface area (Å²) >= 11 is 13.4. The zero-order chi connectivity index (χ0) is 18.5. The zero-order valence-corrected chi connectivity index (χ0v) is 15.6. The third kappa shape index (κ3) is 4.66. The molecule has 1 amide bonds. The number of halogens is 3. The average molecular weight is 408 g/mol. The van der Waals surface area contributed by atoms with E-state index in [0.29, 0.717) is 15.1 Å². The maximum Gasteiger partial charge on any atom is 0.282 e. The van der Waals surface area contributed by atoms with Gasteiger partial charge >= 0.3 is 0 Å². The summed E-state index contributed by atoms with van der Waals surface area (Å²) in [6.07, 6.45) is 1.67. The minimum atomic E-state index is -0.375. The van der Waals surface area contributed by atoms with E-state index in [1.165, 1.54) is 12.1 Å². The molecule has 0 saturated carbocycles. The van der Waals surface area contributed by atoms with E-state index in [4.69, 9.17) is 23.2 Å². The van der Waals surface area contributed by atoms with Crippen LogP contribution >= 0.6 is 34.5 Å². The van der Waals surface area contributed by atoms with Crippen LogP contribution in [0, 0.1) is 5.82 Å². The van der Waals surface area contributed by atoms with Gasteiger partial charge in [0.2, 0.25) is 5.01 Å². The van der Waals surface area contributed by atoms with E-state index in [-0.39, 0.29) is 23.3 Å². The molecule has 0 radical (unpaired) electrons. The van der Waals surface area contributed by atoms with Gasteiger partial charge in [0.15, 0.2) is 5.01 Å². The van der Waals surface area contributed by atoms with Crippen molar-refractivity contribution < 1.29 is 9.18 Å². The van der Waals surface area contributed by atoms with Crippen LogP contribution in [0.2, 0.25) is 5.02 Å². The van der Waals surface area contributed by atoms with Gasteiger partial charge in [0.1, 0.15) is 5.82 Å². The second-order valence-corrected chi connectivity index (χ2v) is 7.03. The molecule has 1 N–H and O–H groups in total. The van der Waals surface area contributed by atoms with Crippen molar-refractivity contribution in [3.8, 4) is 0 Å². The van der Waals surface area contributed by atoms with E-state index in [0.717, 1.165) is 22.5 Å². The van der Waals surface area contributed by atoms with Crippen molar-refractivity contribution in [3.63, 3.8) is 0 Å². The molecule has 132 valence electrons. The van der Waals surface area contributed by atoms with Crippen LogP contribution in [-0.2, 0) is 6.54 Å². The summed E-state index contributed by atoms with van der Waals surface area (Å²) in [5.74, 6) is -0.700. The number of carbonyl (C=O) groups excluding carboxylic acids is 1. The van der Waals surface area contributed by atoms with Crippen LogP contribution in [0.5, 0.6) is 0 Å². The Balaban J connectivity index is 1.67. The molecular formula is C18H12Cl2FN3OS. The van der Waals surface area contributed by atoms with Gasteiger partial charge in [-0.05, 0) is 35.4 Å². The first-order chi connectivity index (χ1) is 12.5. The summed E-state index contributed by atoms with van der Waals surface area (Å²) in [6, 6.07) is 13.1. The van der Waals surface area contributed by atoms with E-state index in [9.17, 15) is 9.18 Å². The van der Waals surface area contributed by atoms with Crippen LogP contribution in [0.15, 0.2) is 48.5 Å². The summed E-state index contributed by atoms with van der Waals surface area (Å²) in [5.41, 5.74) is 1.53. The van der Waals surface area contributed by atoms with E-state index < -0.39 is 0 Å². The fourth-order valence-corrected chi connectivity index (χ4v) is 3.19. The highest BCUT2D eigenvalue weighted by molar-refractivity contribution is 7.15. The van der Waals surface area contributed by atoms with E-state index in [1.54, 1.807) is 24.3 Å². The van der Waals surface area contributed by atoms with Crippen molar-refractivity contribution in [2.24, 2.45) is 0 Å². The lowest BCUT2D eigenvalue weighted by Gasteiger charge is -2.02. The van der Waals surface area contributed by atoms with E-state index in [1.807, 2.05) is 18.2 Å². The molecule has 0 unspecified atom stereocenters. The van der Waals surface area contributed by atoms with Gasteiger partial charge in [-0.3, -0.25) is 4.79 Å². The summed E-state index contributed by atoms with van der Waals surface area (Å²) in [5, 5.41) is 12.0. The Morgan fingerprint density at radius 1 is 1.12 bits per heavy atom. The lowest BCUT2D eigenvalue weighted by Crippen LogP contribution is -2.22. The predicted molar refractivity (Wildman–Crippen MR) is 103 cm³/mol. The lowest BCUT2D eigenvalue weighted by molar-refractivity contribution is 0.0950. The Hall–Kier alpha value is -2.28. The van der Waals surface area contributed by atoms with E-state index in [2.05, 4.69) is 15.5 Å². The van der Waals surface area contributed by atoms with Gasteiger partial charge in [0.05, 0.1) is 5.03 Å². The SMILES string of the molecule is O=C(NCc1ccc(F)cc1)c1nnc(/C(Cl)=C/c2ccccc2Cl)s1. The molecule has 0 aliphatic heterocycles. The molecular weight excluding hydrogens is 396 g/mol. The van der Waals surface area contributed by atoms with Crippen molar-refractivity contribution in [1.29, 1.82) is 0 Å². The Labute approximate surface area is 163 Å². The van der Waals surface area contributed by atoms with Crippen LogP contribution in [0.4, 0.5) is 4.39 Å². The smallest absolute Gasteiger partial charge is 0.282 e. The number of hydrogen-bond acceptors (Lipinski definition) is 4. The average Bonchev–Trinajstić information content (AvgIpc) is 3.13. The highest BCUT2D eigenvalue weighted by Crippen LogP contribution is 2.27. The van der Waals surface area contributed by atoms with Crippen molar-refractivity contribution in [2.75, 3.05) is 0 Å². The fraction of sp³-hybridized carbons (Fsp3) is 0.0556. The highest BCUT2D eigenvalue weighted by Gasteiger charge is 2.14. The van der Waals surface area contributed by atoms with Crippen molar-refractivity contribution in [3.05, 3.63) is 80.5 Å². The Morgan fingerprint density at radius 3 is 2.54 bits per heavy atom. The molecule has 0 fully saturated rings. The summed E-state index contributed by atoms with van der Waals surface area (Å²) in [7, 11) is 0. The van der Waals surface area contributed by atoms with Gasteiger partial charge < -0.3 is 5.32 Å². The molecule has 1 aromatic heterocycles. The molecule has 3 rings (SSSR count). The summed E-state index contributed by atoms with van der Waals surface area (Å²) in [6.45, 7) is 0.261. The largest absolute Gasteiger partial charge is 0.346 e. The fourth-order valence-electron chi connectivity index (χ4n) is 2.06. The first-order valence-electron chi connectivity index (χ1n) is 7.51. The number of rotatable bonds is 5. The standard InChI is InChI=1S/C18H12Cl2FN3OS/c19-14-4-2-1-3-12(14)9-15(20)17-23-24-18(26-17)16(25)22-10-11-5-7-13(21)8-6-11/h1-9H,10H2,(H,22,25)/b15-9-. The molecule has 8 heteroatoms. The normalized spacial score (nSPS) is 11.4. The molecule has 4 nitrogen and oxygen atoms in total. The number of nitrogens with zero attached hydrogens (tertiary/aromatic N) is 2. The number of hydrogen-bond donors (Lipinski definition) is 1. The van der Waals surface area contributed by atoms with Crippen LogP contribution in [0.25, 0.3) is 11.1 Å². The molecule has 2 aromatic carbocycles. The first kappa shape index (κ1) is 18.5. The van der Waals surface area contributed by atoms with Gasteiger partial charge in [-0.2, -0.15) is 0 Å². The molecule has 0 spiro atoms. The number of amides is 1. The summed E-state index contributed by atoms with van der Waals surface area (Å²) < 4.78 is 12.9. The minimum absolute atomic E-state index is 0.188. The van der Waals surface area contributed by atoms with Gasteiger partial charge in [-0.25, -0.2) is 4.39 Å². The maximum atomic E-state index is 12.9. The maximum absolute atomic E-state index is 12.9. The highest BCUT2D eigenvalue weighted by atomic mass is 35.5. The van der Waals surface area contributed by atoms with Gasteiger partial charge in [0.25, 0.3) is 5.91 Å². The van der Waals surface area contributed by atoms with Crippen LogP contribution in [0.1, 0.15) is 25.9 Å². The predicted octanol–water partition coefficient (Wildman–Crippen LogP) is 5.00. The monoisotopic (exact) mass is 407 g/mol. The number of benzene rings is 2. The molecule has 26 heavy (non-hydrogen) atoms. The Morgan fingerprint density at radius 2 is 1.81 bits per heavy atom. The quantitative estimate of drug-likeness (QED) is 0.647. The van der Waals surface area contributed by atoms with Gasteiger partial charge in [-0.1, -0.05) is 64.9 Å². The zero-order valence-electron chi connectivity index (χ0n) is 13.2. The molecule has 0 aliphatic carbocycles. The lowest BCUT2D eigenvalue weighted by atomic mass is 10.2. The van der Waals surface area contributed by atoms with Crippen LogP contribution in [0.3, 0.4) is 0 Å². The Bertz CT molecular complexity index is 957. The number of nitrogens with one attached hydrogen (secondary N) is 1. The van der Waals surface area contributed by atoms with Gasteiger partial charge in [-0.15, -0.1) is 10.2 Å². The van der Waals surface area contributed by atoms with Crippen molar-refractivity contribution >= 4 is 51.6 Å². The topological polar surface area (TPSA) is 54.9 Å². The third-order valence-electron chi connectivity index (χ3n) is 3.38. The van der Waals surface area contributed by atoms with Crippen LogP contribution in [-0.4, -0.2) is 16.1 Å². The molecule has 3 aromatic rings. The summed E-state index contributed by atoms with van der Waals surface area (Å²) in [4.78, 5) is 12.2. The second-order valence-electron chi connectivity index (χ2n) is 5.24. The molecule has 0 aliphatic rings. The van der Waals surface area contributed by atoms with E-state index >= 15 is 0 Å². The number of carbonyl (C=O) groups is 1. The van der Waals surface area contributed by atoms with Crippen molar-refractivity contribution in [2.45, 2.75) is 6.54 Å². The molecule has 0 bridgehead atoms. The van der Waals surface area contributed by atoms with Crippen LogP contribution < -0.4 is 5.32 Å². The Kier molecular flexibility index (Phi) is 5.98. The number of aromatic nitrogens is 2.